The van der Waals surface area contributed by atoms with Gasteiger partial charge < -0.3 is 5.73 Å². The number of aromatic nitrogens is 3. The van der Waals surface area contributed by atoms with Crippen molar-refractivity contribution in [1.82, 2.24) is 15.0 Å². The lowest BCUT2D eigenvalue weighted by molar-refractivity contribution is 0.593. The third-order valence-corrected chi connectivity index (χ3v) is 1.96. The van der Waals surface area contributed by atoms with E-state index in [4.69, 9.17) is 5.73 Å². The fourth-order valence-corrected chi connectivity index (χ4v) is 1.36. The zero-order chi connectivity index (χ0) is 9.97. The van der Waals surface area contributed by atoms with Gasteiger partial charge in [-0.2, -0.15) is 9.90 Å². The van der Waals surface area contributed by atoms with E-state index in [2.05, 4.69) is 29.3 Å². The number of anilines is 1. The summed E-state index contributed by atoms with van der Waals surface area (Å²) in [5.74, 6) is 0.456. The lowest BCUT2D eigenvalue weighted by Gasteiger charge is -2.00. The maximum absolute atomic E-state index is 5.47. The van der Waals surface area contributed by atoms with Gasteiger partial charge in [-0.1, -0.05) is 29.8 Å². The van der Waals surface area contributed by atoms with Crippen molar-refractivity contribution in [3.8, 4) is 0 Å². The van der Waals surface area contributed by atoms with Gasteiger partial charge >= 0.3 is 0 Å². The highest BCUT2D eigenvalue weighted by atomic mass is 15.5. The molecule has 2 aromatic rings. The number of nitrogens with zero attached hydrogens (tertiary/aromatic N) is 3. The van der Waals surface area contributed by atoms with Crippen molar-refractivity contribution in [3.05, 3.63) is 41.6 Å². The summed E-state index contributed by atoms with van der Waals surface area (Å²) in [5, 5.41) is 8.04. The average molecular weight is 188 g/mol. The smallest absolute Gasteiger partial charge is 0.165 e. The van der Waals surface area contributed by atoms with Crippen LogP contribution in [0.15, 0.2) is 30.5 Å². The first-order valence-electron chi connectivity index (χ1n) is 4.45. The van der Waals surface area contributed by atoms with E-state index < -0.39 is 0 Å². The highest BCUT2D eigenvalue weighted by Crippen LogP contribution is 2.05. The minimum absolute atomic E-state index is 0.456. The van der Waals surface area contributed by atoms with Crippen molar-refractivity contribution < 1.29 is 0 Å². The van der Waals surface area contributed by atoms with Crippen molar-refractivity contribution in [3.63, 3.8) is 0 Å². The molecule has 0 amide bonds. The van der Waals surface area contributed by atoms with Gasteiger partial charge in [0.1, 0.15) is 0 Å². The Hall–Kier alpha value is -1.84. The monoisotopic (exact) mass is 188 g/mol. The van der Waals surface area contributed by atoms with Crippen LogP contribution in [-0.4, -0.2) is 15.0 Å². The van der Waals surface area contributed by atoms with E-state index in [0.717, 1.165) is 0 Å². The minimum Gasteiger partial charge on any atom is -0.381 e. The second kappa shape index (κ2) is 3.49. The molecule has 2 N–H and O–H groups in total. The first-order valence-corrected chi connectivity index (χ1v) is 4.45. The largest absolute Gasteiger partial charge is 0.381 e. The molecule has 0 aliphatic rings. The molecule has 72 valence electrons. The molecule has 0 atom stereocenters. The van der Waals surface area contributed by atoms with Crippen LogP contribution in [0.5, 0.6) is 0 Å². The average Bonchev–Trinajstić information content (AvgIpc) is 2.51. The molecule has 0 saturated carbocycles. The second-order valence-corrected chi connectivity index (χ2v) is 3.29. The number of benzene rings is 1. The summed E-state index contributed by atoms with van der Waals surface area (Å²) in [6.07, 6.45) is 1.55. The van der Waals surface area contributed by atoms with Crippen molar-refractivity contribution in [2.75, 3.05) is 5.73 Å². The Bertz CT molecular complexity index is 433. The summed E-state index contributed by atoms with van der Waals surface area (Å²) in [5.41, 5.74) is 7.89. The van der Waals surface area contributed by atoms with E-state index in [1.165, 1.54) is 11.1 Å². The van der Waals surface area contributed by atoms with Gasteiger partial charge in [-0.25, -0.2) is 0 Å². The molecule has 4 nitrogen and oxygen atoms in total. The summed E-state index contributed by atoms with van der Waals surface area (Å²) < 4.78 is 0. The van der Waals surface area contributed by atoms with Crippen molar-refractivity contribution in [2.24, 2.45) is 0 Å². The highest BCUT2D eigenvalue weighted by Gasteiger charge is 1.98. The fourth-order valence-electron chi connectivity index (χ4n) is 1.36. The third-order valence-electron chi connectivity index (χ3n) is 1.96. The number of aryl methyl sites for hydroxylation is 1. The number of hydrogen-bond donors (Lipinski definition) is 1. The fraction of sp³-hybridized carbons (Fsp3) is 0.200. The van der Waals surface area contributed by atoms with Crippen LogP contribution < -0.4 is 5.73 Å². The van der Waals surface area contributed by atoms with Gasteiger partial charge in [0.15, 0.2) is 5.82 Å². The van der Waals surface area contributed by atoms with Crippen LogP contribution in [0.3, 0.4) is 0 Å². The SMILES string of the molecule is Cc1cccc(Cn2ncc(N)n2)c1. The minimum atomic E-state index is 0.456. The van der Waals surface area contributed by atoms with Gasteiger partial charge in [0.05, 0.1) is 12.7 Å². The molecule has 0 unspecified atom stereocenters. The van der Waals surface area contributed by atoms with Crippen molar-refractivity contribution in [2.45, 2.75) is 13.5 Å². The molecule has 0 aliphatic carbocycles. The normalized spacial score (nSPS) is 10.4. The Balaban J connectivity index is 2.18. The molecular formula is C10H12N4. The number of nitrogens with two attached hydrogens (primary N) is 1. The van der Waals surface area contributed by atoms with Crippen LogP contribution in [0, 0.1) is 6.92 Å². The van der Waals surface area contributed by atoms with E-state index in [9.17, 15) is 0 Å². The molecule has 4 heteroatoms. The molecule has 2 rings (SSSR count). The zero-order valence-electron chi connectivity index (χ0n) is 8.01. The highest BCUT2D eigenvalue weighted by molar-refractivity contribution is 5.23. The van der Waals surface area contributed by atoms with Gasteiger partial charge in [-0.3, -0.25) is 0 Å². The van der Waals surface area contributed by atoms with E-state index in [-0.39, 0.29) is 0 Å². The lowest BCUT2D eigenvalue weighted by Crippen LogP contribution is -2.04. The van der Waals surface area contributed by atoms with Crippen LogP contribution in [0.2, 0.25) is 0 Å². The molecule has 0 spiro atoms. The Morgan fingerprint density at radius 3 is 2.93 bits per heavy atom. The van der Waals surface area contributed by atoms with Crippen molar-refractivity contribution >= 4 is 5.82 Å². The molecule has 0 aliphatic heterocycles. The van der Waals surface area contributed by atoms with E-state index >= 15 is 0 Å². The number of rotatable bonds is 2. The Morgan fingerprint density at radius 2 is 2.29 bits per heavy atom. The Morgan fingerprint density at radius 1 is 1.43 bits per heavy atom. The van der Waals surface area contributed by atoms with Crippen LogP contribution >= 0.6 is 0 Å². The summed E-state index contributed by atoms with van der Waals surface area (Å²) in [4.78, 5) is 1.59. The number of nitrogen functional groups attached to an aromatic ring is 1. The van der Waals surface area contributed by atoms with E-state index in [0.29, 0.717) is 12.4 Å². The topological polar surface area (TPSA) is 56.7 Å². The second-order valence-electron chi connectivity index (χ2n) is 3.29. The zero-order valence-corrected chi connectivity index (χ0v) is 8.01. The van der Waals surface area contributed by atoms with Gasteiger partial charge in [0, 0.05) is 0 Å². The van der Waals surface area contributed by atoms with E-state index in [1.54, 1.807) is 11.0 Å². The van der Waals surface area contributed by atoms with Gasteiger partial charge in [0.2, 0.25) is 0 Å². The Kier molecular flexibility index (Phi) is 2.18. The first kappa shape index (κ1) is 8.74. The predicted octanol–water partition coefficient (Wildman–Crippen LogP) is 1.22. The first-order chi connectivity index (χ1) is 6.74. The summed E-state index contributed by atoms with van der Waals surface area (Å²) >= 11 is 0. The van der Waals surface area contributed by atoms with Crippen LogP contribution in [0.4, 0.5) is 5.82 Å². The molecular weight excluding hydrogens is 176 g/mol. The Labute approximate surface area is 82.4 Å². The lowest BCUT2D eigenvalue weighted by atomic mass is 10.1. The molecule has 0 radical (unpaired) electrons. The standard InChI is InChI=1S/C10H12N4/c1-8-3-2-4-9(5-8)7-14-12-6-10(11)13-14/h2-6H,7H2,1H3,(H2,11,13). The maximum atomic E-state index is 5.47. The van der Waals surface area contributed by atoms with Crippen LogP contribution in [0.1, 0.15) is 11.1 Å². The van der Waals surface area contributed by atoms with Gasteiger partial charge in [0.25, 0.3) is 0 Å². The molecule has 0 fully saturated rings. The maximum Gasteiger partial charge on any atom is 0.165 e. The van der Waals surface area contributed by atoms with Crippen molar-refractivity contribution in [1.29, 1.82) is 0 Å². The summed E-state index contributed by atoms with van der Waals surface area (Å²) in [6, 6.07) is 8.25. The quantitative estimate of drug-likeness (QED) is 0.770. The summed E-state index contributed by atoms with van der Waals surface area (Å²) in [7, 11) is 0. The molecule has 0 saturated heterocycles. The van der Waals surface area contributed by atoms with E-state index in [1.807, 2.05) is 12.1 Å². The van der Waals surface area contributed by atoms with Crippen LogP contribution in [-0.2, 0) is 6.54 Å². The predicted molar refractivity (Wildman–Crippen MR) is 54.7 cm³/mol. The molecule has 0 bridgehead atoms. The molecule has 1 aromatic heterocycles. The van der Waals surface area contributed by atoms with Gasteiger partial charge in [-0.15, -0.1) is 5.10 Å². The van der Waals surface area contributed by atoms with Gasteiger partial charge in [-0.05, 0) is 12.5 Å². The summed E-state index contributed by atoms with van der Waals surface area (Å²) in [6.45, 7) is 2.73. The molecule has 1 aromatic carbocycles. The molecule has 14 heavy (non-hydrogen) atoms. The third kappa shape index (κ3) is 1.90. The van der Waals surface area contributed by atoms with Crippen LogP contribution in [0.25, 0.3) is 0 Å². The number of hydrogen-bond acceptors (Lipinski definition) is 3. The molecule has 1 heterocycles.